The highest BCUT2D eigenvalue weighted by atomic mass is 15.0. The van der Waals surface area contributed by atoms with Gasteiger partial charge >= 0.3 is 0 Å². The molecular formula is C60H46N2. The molecule has 296 valence electrons. The fourth-order valence-electron chi connectivity index (χ4n) is 10.7. The maximum absolute atomic E-state index is 3.59. The third kappa shape index (κ3) is 5.43. The Morgan fingerprint density at radius 1 is 0.323 bits per heavy atom. The van der Waals surface area contributed by atoms with Gasteiger partial charge in [0, 0.05) is 49.1 Å². The van der Waals surface area contributed by atoms with E-state index in [-0.39, 0.29) is 10.8 Å². The van der Waals surface area contributed by atoms with E-state index in [1.165, 1.54) is 116 Å². The minimum absolute atomic E-state index is 0.120. The number of benzene rings is 9. The summed E-state index contributed by atoms with van der Waals surface area (Å²) in [6.45, 7) is 9.65. The molecule has 0 atom stereocenters. The van der Waals surface area contributed by atoms with Gasteiger partial charge in [0.15, 0.2) is 0 Å². The summed E-state index contributed by atoms with van der Waals surface area (Å²) >= 11 is 0. The van der Waals surface area contributed by atoms with Crippen molar-refractivity contribution >= 4 is 43.6 Å². The minimum Gasteiger partial charge on any atom is -0.355 e. The third-order valence-electron chi connectivity index (χ3n) is 14.0. The third-order valence-corrected chi connectivity index (χ3v) is 14.0. The standard InChI is InChI=1S/C54H40N2.C6H6/c1-53(2)45-28-34(32-20-24-50-43(26-32)39-14-8-10-16-49(39)55-50)18-22-37(45)41-30-42-38-23-19-35(29-46(38)54(3,4)48(42)31-47(41)53)33-21-25-52-44(27-33)40-15-9-11-17-51(40)56(52)36-12-6-5-7-13-36;1-2-4-6-5-3-1/h5-31,55H,1-4H3;1-6H. The Labute approximate surface area is 362 Å². The molecule has 0 bridgehead atoms. The van der Waals surface area contributed by atoms with Crippen molar-refractivity contribution in [2.75, 3.05) is 0 Å². The summed E-state index contributed by atoms with van der Waals surface area (Å²) in [6.07, 6.45) is 0. The number of aromatic amines is 1. The number of fused-ring (bicyclic) bond motifs is 12. The molecule has 2 heteroatoms. The molecule has 2 aliphatic rings. The summed E-state index contributed by atoms with van der Waals surface area (Å²) in [5.74, 6) is 0. The lowest BCUT2D eigenvalue weighted by atomic mass is 9.77. The Balaban J connectivity index is 0.000000633. The van der Waals surface area contributed by atoms with E-state index < -0.39 is 0 Å². The number of para-hydroxylation sites is 3. The van der Waals surface area contributed by atoms with Crippen molar-refractivity contribution in [2.45, 2.75) is 38.5 Å². The molecule has 0 saturated carbocycles. The van der Waals surface area contributed by atoms with Crippen LogP contribution in [0.2, 0.25) is 0 Å². The fraction of sp³-hybridized carbons (Fsp3) is 0.100. The van der Waals surface area contributed by atoms with Gasteiger partial charge in [-0.15, -0.1) is 0 Å². The molecule has 2 nitrogen and oxygen atoms in total. The van der Waals surface area contributed by atoms with Crippen molar-refractivity contribution in [1.82, 2.24) is 9.55 Å². The topological polar surface area (TPSA) is 20.7 Å². The van der Waals surface area contributed by atoms with Gasteiger partial charge < -0.3 is 9.55 Å². The van der Waals surface area contributed by atoms with Gasteiger partial charge in [-0.3, -0.25) is 0 Å². The Morgan fingerprint density at radius 2 is 0.774 bits per heavy atom. The van der Waals surface area contributed by atoms with Crippen LogP contribution in [0.4, 0.5) is 0 Å². The normalized spacial score (nSPS) is 14.1. The van der Waals surface area contributed by atoms with Gasteiger partial charge in [0.2, 0.25) is 0 Å². The van der Waals surface area contributed by atoms with Crippen LogP contribution >= 0.6 is 0 Å². The van der Waals surface area contributed by atoms with Crippen LogP contribution in [-0.4, -0.2) is 9.55 Å². The lowest BCUT2D eigenvalue weighted by Gasteiger charge is -2.26. The van der Waals surface area contributed by atoms with Gasteiger partial charge in [-0.2, -0.15) is 0 Å². The van der Waals surface area contributed by atoms with Crippen molar-refractivity contribution in [3.63, 3.8) is 0 Å². The van der Waals surface area contributed by atoms with Gasteiger partial charge in [-0.05, 0) is 133 Å². The molecule has 0 radical (unpaired) electrons. The molecule has 2 aromatic heterocycles. The summed E-state index contributed by atoms with van der Waals surface area (Å²) in [5.41, 5.74) is 21.9. The molecule has 62 heavy (non-hydrogen) atoms. The zero-order valence-electron chi connectivity index (χ0n) is 35.5. The SMILES string of the molecule is CC1(C)c2cc(-c3ccc4[nH]c5ccccc5c4c3)ccc2-c2cc3c(cc21)C(C)(C)c1cc(-c2ccc4c(c2)c2ccccc2n4-c2ccccc2)ccc1-3.c1ccccc1. The maximum atomic E-state index is 3.59. The summed E-state index contributed by atoms with van der Waals surface area (Å²) < 4.78 is 2.39. The van der Waals surface area contributed by atoms with Gasteiger partial charge in [-0.1, -0.05) is 161 Å². The molecule has 0 saturated heterocycles. The Hall–Kier alpha value is -7.42. The number of rotatable bonds is 3. The zero-order valence-corrected chi connectivity index (χ0v) is 35.5. The average molecular weight is 795 g/mol. The second-order valence-corrected chi connectivity index (χ2v) is 18.2. The number of nitrogens with zero attached hydrogens (tertiary/aromatic N) is 1. The number of nitrogens with one attached hydrogen (secondary N) is 1. The summed E-state index contributed by atoms with van der Waals surface area (Å²) in [5, 5.41) is 5.11. The van der Waals surface area contributed by atoms with Crippen molar-refractivity contribution in [3.8, 4) is 50.2 Å². The second kappa shape index (κ2) is 13.5. The molecule has 0 unspecified atom stereocenters. The van der Waals surface area contributed by atoms with Crippen LogP contribution in [0.25, 0.3) is 93.8 Å². The average Bonchev–Trinajstić information content (AvgIpc) is 3.99. The van der Waals surface area contributed by atoms with Crippen LogP contribution < -0.4 is 0 Å². The Morgan fingerprint density at radius 3 is 1.42 bits per heavy atom. The molecule has 13 rings (SSSR count). The van der Waals surface area contributed by atoms with E-state index in [9.17, 15) is 0 Å². The molecule has 0 fully saturated rings. The largest absolute Gasteiger partial charge is 0.355 e. The highest BCUT2D eigenvalue weighted by molar-refractivity contribution is 6.11. The second-order valence-electron chi connectivity index (χ2n) is 18.2. The molecule has 2 aliphatic carbocycles. The van der Waals surface area contributed by atoms with E-state index >= 15 is 0 Å². The number of H-pyrrole nitrogens is 1. The first kappa shape index (κ1) is 36.4. The summed E-state index contributed by atoms with van der Waals surface area (Å²) in [4.78, 5) is 3.59. The molecule has 9 aromatic carbocycles. The van der Waals surface area contributed by atoms with E-state index in [4.69, 9.17) is 0 Å². The first-order valence-corrected chi connectivity index (χ1v) is 21.8. The van der Waals surface area contributed by atoms with Gasteiger partial charge in [0.1, 0.15) is 0 Å². The van der Waals surface area contributed by atoms with E-state index in [1.807, 2.05) is 36.4 Å². The summed E-state index contributed by atoms with van der Waals surface area (Å²) in [7, 11) is 0. The molecule has 11 aromatic rings. The first-order chi connectivity index (χ1) is 30.3. The van der Waals surface area contributed by atoms with Crippen LogP contribution in [0.1, 0.15) is 49.9 Å². The minimum atomic E-state index is -0.131. The van der Waals surface area contributed by atoms with E-state index in [1.54, 1.807) is 0 Å². The predicted octanol–water partition coefficient (Wildman–Crippen LogP) is 16.1. The number of hydrogen-bond acceptors (Lipinski definition) is 0. The Kier molecular flexibility index (Phi) is 7.96. The maximum Gasteiger partial charge on any atom is 0.0541 e. The number of aromatic nitrogens is 2. The molecule has 1 N–H and O–H groups in total. The van der Waals surface area contributed by atoms with Gasteiger partial charge in [-0.25, -0.2) is 0 Å². The quantitative estimate of drug-likeness (QED) is 0.184. The zero-order chi connectivity index (χ0) is 41.7. The molecule has 0 amide bonds. The van der Waals surface area contributed by atoms with Crippen LogP contribution in [-0.2, 0) is 10.8 Å². The fourth-order valence-corrected chi connectivity index (χ4v) is 10.7. The Bertz CT molecular complexity index is 3530. The highest BCUT2D eigenvalue weighted by Gasteiger charge is 2.42. The molecule has 0 spiro atoms. The highest BCUT2D eigenvalue weighted by Crippen LogP contribution is 2.57. The van der Waals surface area contributed by atoms with Crippen LogP contribution in [0.15, 0.2) is 200 Å². The lowest BCUT2D eigenvalue weighted by molar-refractivity contribution is 0.639. The van der Waals surface area contributed by atoms with Crippen LogP contribution in [0.5, 0.6) is 0 Å². The van der Waals surface area contributed by atoms with E-state index in [0.29, 0.717) is 0 Å². The van der Waals surface area contributed by atoms with Crippen LogP contribution in [0.3, 0.4) is 0 Å². The first-order valence-electron chi connectivity index (χ1n) is 21.8. The van der Waals surface area contributed by atoms with Crippen molar-refractivity contribution in [1.29, 1.82) is 0 Å². The van der Waals surface area contributed by atoms with Crippen molar-refractivity contribution in [2.24, 2.45) is 0 Å². The monoisotopic (exact) mass is 794 g/mol. The van der Waals surface area contributed by atoms with Crippen molar-refractivity contribution in [3.05, 3.63) is 222 Å². The summed E-state index contributed by atoms with van der Waals surface area (Å²) in [6, 6.07) is 73.3. The van der Waals surface area contributed by atoms with E-state index in [0.717, 1.165) is 0 Å². The molecular weight excluding hydrogens is 749 g/mol. The van der Waals surface area contributed by atoms with Crippen LogP contribution in [0, 0.1) is 0 Å². The molecule has 2 heterocycles. The lowest BCUT2D eigenvalue weighted by Crippen LogP contribution is -2.19. The van der Waals surface area contributed by atoms with Gasteiger partial charge in [0.05, 0.1) is 11.0 Å². The van der Waals surface area contributed by atoms with Crippen molar-refractivity contribution < 1.29 is 0 Å². The number of hydrogen-bond donors (Lipinski definition) is 1. The smallest absolute Gasteiger partial charge is 0.0541 e. The van der Waals surface area contributed by atoms with Gasteiger partial charge in [0.25, 0.3) is 0 Å². The molecule has 0 aliphatic heterocycles. The predicted molar refractivity (Wildman–Crippen MR) is 263 cm³/mol. The van der Waals surface area contributed by atoms with E-state index in [2.05, 4.69) is 201 Å².